The number of anilines is 1. The van der Waals surface area contributed by atoms with Gasteiger partial charge >= 0.3 is 0 Å². The van der Waals surface area contributed by atoms with Gasteiger partial charge in [0, 0.05) is 17.8 Å². The highest BCUT2D eigenvalue weighted by Crippen LogP contribution is 2.39. The van der Waals surface area contributed by atoms with Gasteiger partial charge in [-0.15, -0.1) is 0 Å². The molecule has 1 fully saturated rings. The number of methoxy groups -OCH3 is 3. The van der Waals surface area contributed by atoms with E-state index in [1.165, 1.54) is 45.6 Å². The number of hydrogen-bond donors (Lipinski definition) is 1. The van der Waals surface area contributed by atoms with Gasteiger partial charge in [-0.1, -0.05) is 6.07 Å². The minimum Gasteiger partial charge on any atom is -0.496 e. The SMILES string of the molecule is COc1cc(OC)c(/C=C2/SC(=O)N(CC(=O)Nc3cccc(F)c3)C2=O)c(OC)c1. The second-order valence-electron chi connectivity index (χ2n) is 6.27. The Kier molecular flexibility index (Phi) is 6.81. The lowest BCUT2D eigenvalue weighted by Crippen LogP contribution is -2.36. The number of hydrogen-bond acceptors (Lipinski definition) is 7. The van der Waals surface area contributed by atoms with Gasteiger partial charge in [-0.2, -0.15) is 0 Å². The maximum Gasteiger partial charge on any atom is 0.294 e. The van der Waals surface area contributed by atoms with E-state index >= 15 is 0 Å². The Morgan fingerprint density at radius 1 is 1.10 bits per heavy atom. The molecule has 0 spiro atoms. The van der Waals surface area contributed by atoms with E-state index in [4.69, 9.17) is 14.2 Å². The molecular weight excluding hydrogens is 427 g/mol. The Bertz CT molecular complexity index is 1050. The average molecular weight is 446 g/mol. The van der Waals surface area contributed by atoms with Gasteiger partial charge in [-0.05, 0) is 36.0 Å². The average Bonchev–Trinajstić information content (AvgIpc) is 3.01. The lowest BCUT2D eigenvalue weighted by atomic mass is 10.1. The fraction of sp³-hybridized carbons (Fsp3) is 0.190. The summed E-state index contributed by atoms with van der Waals surface area (Å²) in [6, 6.07) is 8.53. The van der Waals surface area contributed by atoms with Crippen molar-refractivity contribution in [3.63, 3.8) is 0 Å². The van der Waals surface area contributed by atoms with Gasteiger partial charge in [0.1, 0.15) is 29.6 Å². The monoisotopic (exact) mass is 446 g/mol. The maximum absolute atomic E-state index is 13.3. The molecule has 8 nitrogen and oxygen atoms in total. The molecule has 0 aliphatic carbocycles. The molecule has 2 aromatic rings. The number of halogens is 1. The van der Waals surface area contributed by atoms with Gasteiger partial charge in [-0.3, -0.25) is 19.3 Å². The lowest BCUT2D eigenvalue weighted by molar-refractivity contribution is -0.127. The third kappa shape index (κ3) is 4.97. The van der Waals surface area contributed by atoms with Gasteiger partial charge < -0.3 is 19.5 Å². The van der Waals surface area contributed by atoms with Crippen molar-refractivity contribution >= 4 is 40.6 Å². The van der Waals surface area contributed by atoms with Crippen molar-refractivity contribution in [2.45, 2.75) is 0 Å². The number of nitrogens with one attached hydrogen (secondary N) is 1. The molecule has 0 bridgehead atoms. The first-order valence-corrected chi connectivity index (χ1v) is 9.78. The summed E-state index contributed by atoms with van der Waals surface area (Å²) in [5.74, 6) is -0.529. The topological polar surface area (TPSA) is 94.2 Å². The number of rotatable bonds is 7. The minimum atomic E-state index is -0.635. The quantitative estimate of drug-likeness (QED) is 0.651. The summed E-state index contributed by atoms with van der Waals surface area (Å²) >= 11 is 0.692. The number of ether oxygens (including phenoxy) is 3. The third-order valence-corrected chi connectivity index (χ3v) is 5.22. The summed E-state index contributed by atoms with van der Waals surface area (Å²) in [6.45, 7) is -0.505. The van der Waals surface area contributed by atoms with E-state index in [9.17, 15) is 18.8 Å². The van der Waals surface area contributed by atoms with Crippen LogP contribution in [0.3, 0.4) is 0 Å². The standard InChI is InChI=1S/C21H19FN2O6S/c1-28-14-8-16(29-2)15(17(9-14)30-3)10-18-20(26)24(21(27)31-18)11-19(25)23-13-6-4-5-12(22)7-13/h4-10H,11H2,1-3H3,(H,23,25)/b18-10+. The summed E-state index contributed by atoms with van der Waals surface area (Å²) in [6.07, 6.45) is 1.46. The van der Waals surface area contributed by atoms with Crippen LogP contribution in [0.2, 0.25) is 0 Å². The molecule has 0 atom stereocenters. The fourth-order valence-electron chi connectivity index (χ4n) is 2.85. The van der Waals surface area contributed by atoms with Crippen LogP contribution in [0.5, 0.6) is 17.2 Å². The highest BCUT2D eigenvalue weighted by molar-refractivity contribution is 8.18. The van der Waals surface area contributed by atoms with E-state index in [1.807, 2.05) is 0 Å². The van der Waals surface area contributed by atoms with Crippen LogP contribution < -0.4 is 19.5 Å². The smallest absolute Gasteiger partial charge is 0.294 e. The van der Waals surface area contributed by atoms with Gasteiger partial charge in [0.05, 0.1) is 31.8 Å². The van der Waals surface area contributed by atoms with Gasteiger partial charge in [0.15, 0.2) is 0 Å². The second-order valence-corrected chi connectivity index (χ2v) is 7.27. The Balaban J connectivity index is 1.81. The van der Waals surface area contributed by atoms with Crippen molar-refractivity contribution in [3.05, 3.63) is 52.7 Å². The molecule has 1 aliphatic rings. The van der Waals surface area contributed by atoms with Crippen molar-refractivity contribution in [2.24, 2.45) is 0 Å². The number of carbonyl (C=O) groups excluding carboxylic acids is 3. The highest BCUT2D eigenvalue weighted by Gasteiger charge is 2.36. The van der Waals surface area contributed by atoms with Crippen molar-refractivity contribution in [3.8, 4) is 17.2 Å². The van der Waals surface area contributed by atoms with Crippen molar-refractivity contribution in [2.75, 3.05) is 33.2 Å². The molecule has 0 aromatic heterocycles. The van der Waals surface area contributed by atoms with Gasteiger partial charge in [0.2, 0.25) is 5.91 Å². The fourth-order valence-corrected chi connectivity index (χ4v) is 3.67. The molecule has 1 saturated heterocycles. The van der Waals surface area contributed by atoms with Crippen LogP contribution in [-0.2, 0) is 9.59 Å². The summed E-state index contributed by atoms with van der Waals surface area (Å²) in [5, 5.41) is 1.86. The van der Waals surface area contributed by atoms with Crippen LogP contribution in [0.4, 0.5) is 14.9 Å². The molecule has 31 heavy (non-hydrogen) atoms. The van der Waals surface area contributed by atoms with E-state index in [-0.39, 0.29) is 10.6 Å². The molecule has 0 radical (unpaired) electrons. The zero-order valence-corrected chi connectivity index (χ0v) is 17.7. The van der Waals surface area contributed by atoms with Crippen LogP contribution in [0, 0.1) is 5.82 Å². The third-order valence-electron chi connectivity index (χ3n) is 4.31. The summed E-state index contributed by atoms with van der Waals surface area (Å²) < 4.78 is 29.2. The van der Waals surface area contributed by atoms with Crippen LogP contribution in [0.15, 0.2) is 41.3 Å². The highest BCUT2D eigenvalue weighted by atomic mass is 32.2. The van der Waals surface area contributed by atoms with E-state index in [1.54, 1.807) is 12.1 Å². The number of thioether (sulfide) groups is 1. The first kappa shape index (κ1) is 22.2. The number of nitrogens with zero attached hydrogens (tertiary/aromatic N) is 1. The predicted octanol–water partition coefficient (Wildman–Crippen LogP) is 3.53. The van der Waals surface area contributed by atoms with Crippen LogP contribution in [-0.4, -0.2) is 49.8 Å². The molecule has 3 rings (SSSR count). The molecule has 1 heterocycles. The van der Waals surface area contributed by atoms with Gasteiger partial charge in [0.25, 0.3) is 11.1 Å². The second kappa shape index (κ2) is 9.52. The molecule has 162 valence electrons. The lowest BCUT2D eigenvalue weighted by Gasteiger charge is -2.13. The maximum atomic E-state index is 13.3. The number of carbonyl (C=O) groups is 3. The molecule has 10 heteroatoms. The summed E-state index contributed by atoms with van der Waals surface area (Å²) in [4.78, 5) is 38.3. The number of imide groups is 1. The van der Waals surface area contributed by atoms with Crippen molar-refractivity contribution in [1.82, 2.24) is 4.90 Å². The molecular formula is C21H19FN2O6S. The minimum absolute atomic E-state index is 0.102. The molecule has 0 saturated carbocycles. The Morgan fingerprint density at radius 2 is 1.77 bits per heavy atom. The normalized spacial score (nSPS) is 14.7. The Labute approximate surface area is 182 Å². The van der Waals surface area contributed by atoms with E-state index in [0.29, 0.717) is 34.6 Å². The van der Waals surface area contributed by atoms with E-state index < -0.39 is 29.4 Å². The number of benzene rings is 2. The van der Waals surface area contributed by atoms with Crippen molar-refractivity contribution < 1.29 is 33.0 Å². The van der Waals surface area contributed by atoms with Crippen molar-refractivity contribution in [1.29, 1.82) is 0 Å². The zero-order chi connectivity index (χ0) is 22.5. The van der Waals surface area contributed by atoms with E-state index in [2.05, 4.69) is 5.32 Å². The van der Waals surface area contributed by atoms with E-state index in [0.717, 1.165) is 11.0 Å². The van der Waals surface area contributed by atoms with Gasteiger partial charge in [-0.25, -0.2) is 4.39 Å². The first-order chi connectivity index (χ1) is 14.9. The Hall–Kier alpha value is -3.53. The first-order valence-electron chi connectivity index (χ1n) is 8.97. The van der Waals surface area contributed by atoms with Crippen LogP contribution in [0.1, 0.15) is 5.56 Å². The molecule has 3 amide bonds. The molecule has 0 unspecified atom stereocenters. The number of amides is 3. The van der Waals surface area contributed by atoms with Crippen LogP contribution in [0.25, 0.3) is 6.08 Å². The summed E-state index contributed by atoms with van der Waals surface area (Å²) in [5.41, 5.74) is 0.667. The molecule has 1 N–H and O–H groups in total. The summed E-state index contributed by atoms with van der Waals surface area (Å²) in [7, 11) is 4.40. The Morgan fingerprint density at radius 3 is 2.35 bits per heavy atom. The zero-order valence-electron chi connectivity index (χ0n) is 16.9. The predicted molar refractivity (Wildman–Crippen MR) is 114 cm³/mol. The van der Waals surface area contributed by atoms with Crippen LogP contribution >= 0.6 is 11.8 Å². The largest absolute Gasteiger partial charge is 0.496 e. The molecule has 1 aliphatic heterocycles. The molecule has 2 aromatic carbocycles.